The van der Waals surface area contributed by atoms with Gasteiger partial charge in [0.2, 0.25) is 0 Å². The summed E-state index contributed by atoms with van der Waals surface area (Å²) < 4.78 is 46.8. The van der Waals surface area contributed by atoms with Crippen LogP contribution in [-0.4, -0.2) is 27.3 Å². The molecular formula is C28H26ClF3N4O2S. The summed E-state index contributed by atoms with van der Waals surface area (Å²) in [6, 6.07) is 19.1. The van der Waals surface area contributed by atoms with E-state index in [4.69, 9.17) is 16.3 Å². The molecule has 6 nitrogen and oxygen atoms in total. The number of nitrogens with one attached hydrogen (secondary N) is 1. The zero-order valence-corrected chi connectivity index (χ0v) is 22.6. The quantitative estimate of drug-likeness (QED) is 0.150. The molecule has 204 valence electrons. The number of aromatic nitrogens is 3. The molecule has 3 aromatic carbocycles. The Balaban J connectivity index is 1.49. The summed E-state index contributed by atoms with van der Waals surface area (Å²) in [4.78, 5) is 12.8. The van der Waals surface area contributed by atoms with Crippen molar-refractivity contribution in [3.8, 4) is 11.4 Å². The van der Waals surface area contributed by atoms with Crippen LogP contribution in [0.1, 0.15) is 47.1 Å². The standard InChI is InChI=1S/C28H26ClF3N4O2S/c1-2-3-14-38-24-12-10-20(11-13-24)26(37)33-17-25-34-35-27(36(25)23-9-5-8-22(29)16-23)39-18-19-6-4-7-21(15-19)28(30,31)32/h4-13,15-16H,2-3,14,17-18H2,1H3,(H,33,37). The van der Waals surface area contributed by atoms with Gasteiger partial charge in [0.15, 0.2) is 11.0 Å². The van der Waals surface area contributed by atoms with Gasteiger partial charge in [-0.3, -0.25) is 9.36 Å². The van der Waals surface area contributed by atoms with Crippen LogP contribution in [0.3, 0.4) is 0 Å². The first-order chi connectivity index (χ1) is 18.7. The topological polar surface area (TPSA) is 69.0 Å². The van der Waals surface area contributed by atoms with Crippen LogP contribution in [0.5, 0.6) is 5.75 Å². The van der Waals surface area contributed by atoms with Crippen LogP contribution in [0.4, 0.5) is 13.2 Å². The molecule has 1 heterocycles. The van der Waals surface area contributed by atoms with E-state index in [2.05, 4.69) is 22.4 Å². The van der Waals surface area contributed by atoms with Gasteiger partial charge in [0.25, 0.3) is 5.91 Å². The summed E-state index contributed by atoms with van der Waals surface area (Å²) >= 11 is 7.45. The summed E-state index contributed by atoms with van der Waals surface area (Å²) in [5.74, 6) is 1.08. The third-order valence-corrected chi connectivity index (χ3v) is 6.91. The lowest BCUT2D eigenvalue weighted by Crippen LogP contribution is -2.24. The number of alkyl halides is 3. The van der Waals surface area contributed by atoms with Crippen molar-refractivity contribution in [2.24, 2.45) is 0 Å². The molecule has 0 radical (unpaired) electrons. The van der Waals surface area contributed by atoms with E-state index in [0.717, 1.165) is 25.0 Å². The Kier molecular flexibility index (Phi) is 9.53. The minimum atomic E-state index is -4.42. The van der Waals surface area contributed by atoms with Crippen molar-refractivity contribution in [3.63, 3.8) is 0 Å². The molecule has 39 heavy (non-hydrogen) atoms. The number of ether oxygens (including phenoxy) is 1. The number of hydrogen-bond acceptors (Lipinski definition) is 5. The molecule has 0 fully saturated rings. The van der Waals surface area contributed by atoms with Crippen LogP contribution in [0.15, 0.2) is 78.0 Å². The third-order valence-electron chi connectivity index (χ3n) is 5.68. The largest absolute Gasteiger partial charge is 0.494 e. The van der Waals surface area contributed by atoms with E-state index < -0.39 is 11.7 Å². The van der Waals surface area contributed by atoms with Gasteiger partial charge in [0, 0.05) is 16.3 Å². The van der Waals surface area contributed by atoms with E-state index in [1.807, 2.05) is 6.07 Å². The fourth-order valence-electron chi connectivity index (χ4n) is 3.67. The lowest BCUT2D eigenvalue weighted by molar-refractivity contribution is -0.137. The fraction of sp³-hybridized carbons (Fsp3) is 0.250. The molecule has 0 aliphatic carbocycles. The maximum absolute atomic E-state index is 13.1. The second-order valence-corrected chi connectivity index (χ2v) is 9.99. The van der Waals surface area contributed by atoms with Crippen LogP contribution < -0.4 is 10.1 Å². The number of thioether (sulfide) groups is 1. The maximum Gasteiger partial charge on any atom is 0.416 e. The molecule has 0 bridgehead atoms. The molecule has 0 aliphatic heterocycles. The molecule has 0 saturated heterocycles. The molecule has 1 aromatic heterocycles. The van der Waals surface area contributed by atoms with E-state index >= 15 is 0 Å². The Morgan fingerprint density at radius 2 is 1.82 bits per heavy atom. The van der Waals surface area contributed by atoms with E-state index in [-0.39, 0.29) is 18.2 Å². The summed E-state index contributed by atoms with van der Waals surface area (Å²) in [5.41, 5.74) is 0.913. The monoisotopic (exact) mass is 574 g/mol. The van der Waals surface area contributed by atoms with E-state index in [0.29, 0.717) is 45.2 Å². The van der Waals surface area contributed by atoms with Crippen LogP contribution in [-0.2, 0) is 18.5 Å². The molecule has 0 spiro atoms. The zero-order chi connectivity index (χ0) is 27.8. The van der Waals surface area contributed by atoms with Gasteiger partial charge < -0.3 is 10.1 Å². The number of amides is 1. The van der Waals surface area contributed by atoms with Gasteiger partial charge >= 0.3 is 6.18 Å². The molecule has 4 aromatic rings. The van der Waals surface area contributed by atoms with Gasteiger partial charge in [0.1, 0.15) is 5.75 Å². The number of nitrogens with zero attached hydrogens (tertiary/aromatic N) is 3. The first kappa shape index (κ1) is 28.5. The average molecular weight is 575 g/mol. The van der Waals surface area contributed by atoms with Gasteiger partial charge in [-0.2, -0.15) is 13.2 Å². The third kappa shape index (κ3) is 7.77. The molecule has 0 atom stereocenters. The Hall–Kier alpha value is -3.50. The van der Waals surface area contributed by atoms with Crippen molar-refractivity contribution >= 4 is 29.3 Å². The Morgan fingerprint density at radius 1 is 1.05 bits per heavy atom. The second-order valence-electron chi connectivity index (χ2n) is 8.61. The predicted octanol–water partition coefficient (Wildman–Crippen LogP) is 7.34. The predicted molar refractivity (Wildman–Crippen MR) is 145 cm³/mol. The molecular weight excluding hydrogens is 549 g/mol. The van der Waals surface area contributed by atoms with Gasteiger partial charge in [0.05, 0.1) is 24.4 Å². The summed E-state index contributed by atoms with van der Waals surface area (Å²) in [5, 5.41) is 12.3. The maximum atomic E-state index is 13.1. The van der Waals surface area contributed by atoms with Crippen LogP contribution in [0, 0.1) is 0 Å². The molecule has 0 aliphatic rings. The molecule has 1 N–H and O–H groups in total. The van der Waals surface area contributed by atoms with E-state index in [1.165, 1.54) is 17.8 Å². The molecule has 0 unspecified atom stereocenters. The minimum Gasteiger partial charge on any atom is -0.494 e. The Labute approximate surface area is 233 Å². The summed E-state index contributed by atoms with van der Waals surface area (Å²) in [6.07, 6.45) is -2.43. The first-order valence-electron chi connectivity index (χ1n) is 12.2. The number of rotatable bonds is 11. The van der Waals surface area contributed by atoms with Crippen molar-refractivity contribution in [3.05, 3.63) is 100 Å². The van der Waals surface area contributed by atoms with Crippen molar-refractivity contribution in [1.29, 1.82) is 0 Å². The number of carbonyl (C=O) groups is 1. The lowest BCUT2D eigenvalue weighted by Gasteiger charge is -2.12. The van der Waals surface area contributed by atoms with Crippen LogP contribution >= 0.6 is 23.4 Å². The second kappa shape index (κ2) is 13.0. The van der Waals surface area contributed by atoms with Gasteiger partial charge in [-0.05, 0) is 60.5 Å². The highest BCUT2D eigenvalue weighted by Gasteiger charge is 2.30. The smallest absolute Gasteiger partial charge is 0.416 e. The SMILES string of the molecule is CCCCOc1ccc(C(=O)NCc2nnc(SCc3cccc(C(F)(F)F)c3)n2-c2cccc(Cl)c2)cc1. The summed E-state index contributed by atoms with van der Waals surface area (Å²) in [6.45, 7) is 2.77. The number of unbranched alkanes of at least 4 members (excludes halogenated alkanes) is 1. The first-order valence-corrected chi connectivity index (χ1v) is 13.6. The van der Waals surface area contributed by atoms with Crippen LogP contribution in [0.25, 0.3) is 5.69 Å². The minimum absolute atomic E-state index is 0.0667. The van der Waals surface area contributed by atoms with Gasteiger partial charge in [-0.25, -0.2) is 0 Å². The Bertz CT molecular complexity index is 1410. The number of hydrogen-bond donors (Lipinski definition) is 1. The number of carbonyl (C=O) groups excluding carboxylic acids is 1. The fourth-order valence-corrected chi connectivity index (χ4v) is 4.76. The van der Waals surface area contributed by atoms with E-state index in [1.54, 1.807) is 53.1 Å². The number of halogens is 4. The molecule has 11 heteroatoms. The van der Waals surface area contributed by atoms with Crippen LogP contribution in [0.2, 0.25) is 5.02 Å². The van der Waals surface area contributed by atoms with E-state index in [9.17, 15) is 18.0 Å². The van der Waals surface area contributed by atoms with Crippen molar-refractivity contribution in [2.45, 2.75) is 43.4 Å². The van der Waals surface area contributed by atoms with Crippen molar-refractivity contribution < 1.29 is 22.7 Å². The number of benzene rings is 3. The van der Waals surface area contributed by atoms with Crippen molar-refractivity contribution in [1.82, 2.24) is 20.1 Å². The highest BCUT2D eigenvalue weighted by atomic mass is 35.5. The average Bonchev–Trinajstić information content (AvgIpc) is 3.33. The highest BCUT2D eigenvalue weighted by Crippen LogP contribution is 2.32. The molecule has 0 saturated carbocycles. The zero-order valence-electron chi connectivity index (χ0n) is 21.0. The normalized spacial score (nSPS) is 11.4. The summed E-state index contributed by atoms with van der Waals surface area (Å²) in [7, 11) is 0. The Morgan fingerprint density at radius 3 is 2.54 bits per heavy atom. The molecule has 1 amide bonds. The van der Waals surface area contributed by atoms with Gasteiger partial charge in [-0.15, -0.1) is 10.2 Å². The highest BCUT2D eigenvalue weighted by molar-refractivity contribution is 7.98. The lowest BCUT2D eigenvalue weighted by atomic mass is 10.1. The van der Waals surface area contributed by atoms with Gasteiger partial charge in [-0.1, -0.05) is 61.0 Å². The molecule has 4 rings (SSSR count). The van der Waals surface area contributed by atoms with Crippen molar-refractivity contribution in [2.75, 3.05) is 6.61 Å².